The molecule has 0 fully saturated rings. The van der Waals surface area contributed by atoms with Crippen LogP contribution in [-0.2, 0) is 38.0 Å². The fourth-order valence-corrected chi connectivity index (χ4v) is 1.93. The Hall–Kier alpha value is -1.74. The molecule has 0 radical (unpaired) electrons. The van der Waals surface area contributed by atoms with Crippen LogP contribution in [0.2, 0.25) is 0 Å². The van der Waals surface area contributed by atoms with Gasteiger partial charge in [-0.05, 0) is 12.8 Å². The van der Waals surface area contributed by atoms with E-state index in [1.165, 1.54) is 0 Å². The summed E-state index contributed by atoms with van der Waals surface area (Å²) >= 11 is 0. The molecule has 0 amide bonds. The number of hydrogen-bond acceptors (Lipinski definition) is 8. The average molecular weight is 402 g/mol. The van der Waals surface area contributed by atoms with Gasteiger partial charge < -0.3 is 28.4 Å². The number of carbonyl (C=O) groups is 2. The molecule has 0 aliphatic carbocycles. The summed E-state index contributed by atoms with van der Waals surface area (Å²) in [7, 11) is 0. The number of esters is 2. The van der Waals surface area contributed by atoms with E-state index < -0.39 is 11.9 Å². The molecule has 0 saturated heterocycles. The minimum Gasteiger partial charge on any atom is -0.460 e. The molecule has 0 spiro atoms. The van der Waals surface area contributed by atoms with Gasteiger partial charge in [0.25, 0.3) is 0 Å². The molecule has 0 unspecified atom stereocenters. The summed E-state index contributed by atoms with van der Waals surface area (Å²) in [6.07, 6.45) is 6.43. The van der Waals surface area contributed by atoms with Crippen LogP contribution in [0.4, 0.5) is 0 Å². The molecule has 8 nitrogen and oxygen atoms in total. The predicted octanol–water partition coefficient (Wildman–Crippen LogP) is 2.07. The minimum atomic E-state index is -0.442. The van der Waals surface area contributed by atoms with Gasteiger partial charge in [0.2, 0.25) is 0 Å². The Morgan fingerprint density at radius 2 is 0.821 bits per heavy atom. The van der Waals surface area contributed by atoms with E-state index in [0.29, 0.717) is 52.9 Å². The van der Waals surface area contributed by atoms with Gasteiger partial charge in [-0.1, -0.05) is 26.0 Å². The molecule has 28 heavy (non-hydrogen) atoms. The van der Waals surface area contributed by atoms with Crippen molar-refractivity contribution in [3.05, 3.63) is 25.3 Å². The number of rotatable bonds is 21. The van der Waals surface area contributed by atoms with Gasteiger partial charge in [-0.2, -0.15) is 0 Å². The van der Waals surface area contributed by atoms with E-state index in [-0.39, 0.29) is 13.2 Å². The first-order chi connectivity index (χ1) is 13.7. The lowest BCUT2D eigenvalue weighted by Crippen LogP contribution is -2.12. The van der Waals surface area contributed by atoms with Crippen LogP contribution in [0.1, 0.15) is 25.7 Å². The third-order valence-electron chi connectivity index (χ3n) is 3.35. The lowest BCUT2D eigenvalue weighted by atomic mass is 10.2. The lowest BCUT2D eigenvalue weighted by molar-refractivity contribution is -0.140. The summed E-state index contributed by atoms with van der Waals surface area (Å²) in [6, 6.07) is 0. The highest BCUT2D eigenvalue weighted by Gasteiger charge is 1.97. The molecule has 0 rings (SSSR count). The van der Waals surface area contributed by atoms with Gasteiger partial charge >= 0.3 is 11.9 Å². The van der Waals surface area contributed by atoms with E-state index in [0.717, 1.165) is 37.8 Å². The van der Waals surface area contributed by atoms with Crippen LogP contribution < -0.4 is 0 Å². The van der Waals surface area contributed by atoms with Crippen molar-refractivity contribution in [1.29, 1.82) is 0 Å². The van der Waals surface area contributed by atoms with Crippen LogP contribution in [-0.4, -0.2) is 78.0 Å². The molecular formula is C20H34O8. The predicted molar refractivity (Wildman–Crippen MR) is 104 cm³/mol. The SMILES string of the molecule is C=CC(=O)OCCOCCOCCCCCCOCCOCCOC(=O)C=C. The third kappa shape index (κ3) is 20.6. The Morgan fingerprint density at radius 3 is 1.18 bits per heavy atom. The Balaban J connectivity index is 3.06. The van der Waals surface area contributed by atoms with E-state index in [4.69, 9.17) is 28.4 Å². The number of carbonyl (C=O) groups excluding carboxylic acids is 2. The molecule has 0 heterocycles. The minimum absolute atomic E-state index is 0.226. The van der Waals surface area contributed by atoms with E-state index in [1.54, 1.807) is 0 Å². The molecule has 0 aliphatic heterocycles. The van der Waals surface area contributed by atoms with Crippen molar-refractivity contribution in [2.24, 2.45) is 0 Å². The molecular weight excluding hydrogens is 368 g/mol. The topological polar surface area (TPSA) is 89.5 Å². The zero-order valence-electron chi connectivity index (χ0n) is 16.7. The van der Waals surface area contributed by atoms with Crippen molar-refractivity contribution in [2.45, 2.75) is 25.7 Å². The van der Waals surface area contributed by atoms with Crippen molar-refractivity contribution in [3.63, 3.8) is 0 Å². The van der Waals surface area contributed by atoms with E-state index >= 15 is 0 Å². The van der Waals surface area contributed by atoms with Gasteiger partial charge in [0.1, 0.15) is 13.2 Å². The Labute approximate surface area is 167 Å². The first-order valence-corrected chi connectivity index (χ1v) is 9.60. The summed E-state index contributed by atoms with van der Waals surface area (Å²) in [5.74, 6) is -0.885. The van der Waals surface area contributed by atoms with Crippen LogP contribution in [0.3, 0.4) is 0 Å². The molecule has 162 valence electrons. The van der Waals surface area contributed by atoms with Gasteiger partial charge in [0.15, 0.2) is 0 Å². The highest BCUT2D eigenvalue weighted by molar-refractivity contribution is 5.81. The van der Waals surface area contributed by atoms with Crippen LogP contribution in [0.5, 0.6) is 0 Å². The lowest BCUT2D eigenvalue weighted by Gasteiger charge is -2.07. The Kier molecular flexibility index (Phi) is 20.2. The number of ether oxygens (including phenoxy) is 6. The molecule has 0 N–H and O–H groups in total. The second-order valence-electron chi connectivity index (χ2n) is 5.61. The molecule has 0 aromatic heterocycles. The van der Waals surface area contributed by atoms with Gasteiger partial charge in [0.05, 0.1) is 39.6 Å². The van der Waals surface area contributed by atoms with Gasteiger partial charge in [-0.3, -0.25) is 0 Å². The molecule has 8 heteroatoms. The van der Waals surface area contributed by atoms with Crippen LogP contribution in [0.15, 0.2) is 25.3 Å². The maximum Gasteiger partial charge on any atom is 0.330 e. The molecule has 0 aliphatic rings. The smallest absolute Gasteiger partial charge is 0.330 e. The van der Waals surface area contributed by atoms with Crippen LogP contribution in [0, 0.1) is 0 Å². The van der Waals surface area contributed by atoms with E-state index in [1.807, 2.05) is 0 Å². The monoisotopic (exact) mass is 402 g/mol. The summed E-state index contributed by atoms with van der Waals surface area (Å²) in [4.78, 5) is 21.5. The first-order valence-electron chi connectivity index (χ1n) is 9.60. The van der Waals surface area contributed by atoms with Gasteiger partial charge in [-0.15, -0.1) is 0 Å². The number of unbranched alkanes of at least 4 members (excludes halogenated alkanes) is 3. The quantitative estimate of drug-likeness (QED) is 0.164. The normalized spacial score (nSPS) is 10.4. The molecule has 0 bridgehead atoms. The first kappa shape index (κ1) is 26.3. The van der Waals surface area contributed by atoms with Crippen molar-refractivity contribution >= 4 is 11.9 Å². The highest BCUT2D eigenvalue weighted by Crippen LogP contribution is 2.00. The average Bonchev–Trinajstić information content (AvgIpc) is 2.71. The summed E-state index contributed by atoms with van der Waals surface area (Å²) < 4.78 is 31.0. The third-order valence-corrected chi connectivity index (χ3v) is 3.35. The Morgan fingerprint density at radius 1 is 0.500 bits per heavy atom. The zero-order chi connectivity index (χ0) is 20.7. The molecule has 0 aromatic rings. The molecule has 0 saturated carbocycles. The number of hydrogen-bond donors (Lipinski definition) is 0. The highest BCUT2D eigenvalue weighted by atomic mass is 16.6. The molecule has 0 atom stereocenters. The second kappa shape index (κ2) is 21.6. The van der Waals surface area contributed by atoms with Crippen molar-refractivity contribution in [3.8, 4) is 0 Å². The summed E-state index contributed by atoms with van der Waals surface area (Å²) in [5.41, 5.74) is 0. The largest absolute Gasteiger partial charge is 0.460 e. The Bertz CT molecular complexity index is 373. The summed E-state index contributed by atoms with van der Waals surface area (Å²) in [5, 5.41) is 0. The van der Waals surface area contributed by atoms with Crippen LogP contribution >= 0.6 is 0 Å². The standard InChI is InChI=1S/C20H34O8/c1-3-19(21)27-17-15-25-13-11-23-9-7-5-6-8-10-24-12-14-26-16-18-28-20(22)4-2/h3-4H,1-2,5-18H2. The van der Waals surface area contributed by atoms with Gasteiger partial charge in [-0.25, -0.2) is 9.59 Å². The van der Waals surface area contributed by atoms with Crippen molar-refractivity contribution < 1.29 is 38.0 Å². The summed E-state index contributed by atoms with van der Waals surface area (Å²) in [6.45, 7) is 11.2. The fourth-order valence-electron chi connectivity index (χ4n) is 1.93. The molecule has 0 aromatic carbocycles. The maximum absolute atomic E-state index is 10.8. The van der Waals surface area contributed by atoms with E-state index in [9.17, 15) is 9.59 Å². The second-order valence-corrected chi connectivity index (χ2v) is 5.61. The van der Waals surface area contributed by atoms with Crippen molar-refractivity contribution in [2.75, 3.05) is 66.1 Å². The zero-order valence-corrected chi connectivity index (χ0v) is 16.7. The van der Waals surface area contributed by atoms with Crippen LogP contribution in [0.25, 0.3) is 0 Å². The maximum atomic E-state index is 10.8. The fraction of sp³-hybridized carbons (Fsp3) is 0.700. The van der Waals surface area contributed by atoms with Gasteiger partial charge in [0, 0.05) is 25.4 Å². The van der Waals surface area contributed by atoms with E-state index in [2.05, 4.69) is 13.2 Å². The van der Waals surface area contributed by atoms with Crippen molar-refractivity contribution in [1.82, 2.24) is 0 Å².